The Kier molecular flexibility index (Phi) is 2.45. The van der Waals surface area contributed by atoms with Crippen molar-refractivity contribution >= 4 is 16.7 Å². The van der Waals surface area contributed by atoms with E-state index in [9.17, 15) is 13.2 Å². The van der Waals surface area contributed by atoms with Crippen molar-refractivity contribution in [2.24, 2.45) is 0 Å². The Balaban J connectivity index is 2.26. The highest BCUT2D eigenvalue weighted by atomic mass is 19.2. The molecule has 0 aliphatic carbocycles. The zero-order valence-corrected chi connectivity index (χ0v) is 9.55. The lowest BCUT2D eigenvalue weighted by Gasteiger charge is -2.02. The number of aromatic amines is 1. The van der Waals surface area contributed by atoms with E-state index in [0.29, 0.717) is 0 Å². The summed E-state index contributed by atoms with van der Waals surface area (Å²) >= 11 is 0. The molecule has 3 aromatic rings. The highest BCUT2D eigenvalue weighted by Gasteiger charge is 2.14. The Morgan fingerprint density at radius 2 is 1.74 bits per heavy atom. The SMILES string of the molecule is Nc1cccc(F)c1-c1nc2cc(F)c(F)cc2[nH]1. The molecule has 1 heterocycles. The van der Waals surface area contributed by atoms with E-state index in [2.05, 4.69) is 9.97 Å². The van der Waals surface area contributed by atoms with Gasteiger partial charge in [-0.1, -0.05) is 6.07 Å². The minimum atomic E-state index is -1.01. The van der Waals surface area contributed by atoms with Crippen molar-refractivity contribution in [1.82, 2.24) is 9.97 Å². The number of H-pyrrole nitrogens is 1. The highest BCUT2D eigenvalue weighted by molar-refractivity contribution is 5.82. The molecule has 0 unspecified atom stereocenters. The summed E-state index contributed by atoms with van der Waals surface area (Å²) in [6.07, 6.45) is 0. The lowest BCUT2D eigenvalue weighted by atomic mass is 10.1. The first-order chi connectivity index (χ1) is 9.06. The second kappa shape index (κ2) is 4.01. The van der Waals surface area contributed by atoms with Gasteiger partial charge in [0.25, 0.3) is 0 Å². The van der Waals surface area contributed by atoms with Crippen LogP contribution in [0.5, 0.6) is 0 Å². The normalized spacial score (nSPS) is 11.1. The Labute approximate surface area is 105 Å². The topological polar surface area (TPSA) is 54.7 Å². The monoisotopic (exact) mass is 263 g/mol. The van der Waals surface area contributed by atoms with Crippen molar-refractivity contribution < 1.29 is 13.2 Å². The zero-order valence-electron chi connectivity index (χ0n) is 9.55. The fraction of sp³-hybridized carbons (Fsp3) is 0. The van der Waals surface area contributed by atoms with E-state index >= 15 is 0 Å². The Morgan fingerprint density at radius 3 is 2.47 bits per heavy atom. The minimum absolute atomic E-state index is 0.0829. The van der Waals surface area contributed by atoms with Crippen LogP contribution in [0.1, 0.15) is 0 Å². The van der Waals surface area contributed by atoms with E-state index in [0.717, 1.165) is 12.1 Å². The summed E-state index contributed by atoms with van der Waals surface area (Å²) in [5, 5.41) is 0. The lowest BCUT2D eigenvalue weighted by molar-refractivity contribution is 0.510. The van der Waals surface area contributed by atoms with Crippen LogP contribution in [0.3, 0.4) is 0 Å². The van der Waals surface area contributed by atoms with Gasteiger partial charge in [0.05, 0.1) is 16.6 Å². The summed E-state index contributed by atoms with van der Waals surface area (Å²) in [4.78, 5) is 6.75. The van der Waals surface area contributed by atoms with Gasteiger partial charge in [-0.3, -0.25) is 0 Å². The predicted molar refractivity (Wildman–Crippen MR) is 65.8 cm³/mol. The molecule has 2 aromatic carbocycles. The predicted octanol–water partition coefficient (Wildman–Crippen LogP) is 3.23. The molecule has 0 radical (unpaired) electrons. The zero-order chi connectivity index (χ0) is 13.6. The number of halogens is 3. The maximum Gasteiger partial charge on any atom is 0.161 e. The van der Waals surface area contributed by atoms with Crippen LogP contribution < -0.4 is 5.73 Å². The Bertz CT molecular complexity index is 721. The van der Waals surface area contributed by atoms with Gasteiger partial charge in [0, 0.05) is 17.8 Å². The first-order valence-corrected chi connectivity index (χ1v) is 5.45. The van der Waals surface area contributed by atoms with Crippen molar-refractivity contribution in [1.29, 1.82) is 0 Å². The average molecular weight is 263 g/mol. The third-order valence-corrected chi connectivity index (χ3v) is 2.81. The molecule has 96 valence electrons. The van der Waals surface area contributed by atoms with Gasteiger partial charge in [-0.05, 0) is 12.1 Å². The second-order valence-electron chi connectivity index (χ2n) is 4.07. The van der Waals surface area contributed by atoms with Gasteiger partial charge in [0.2, 0.25) is 0 Å². The maximum absolute atomic E-state index is 13.7. The molecule has 3 rings (SSSR count). The number of hydrogen-bond acceptors (Lipinski definition) is 2. The van der Waals surface area contributed by atoms with E-state index in [4.69, 9.17) is 5.73 Å². The first-order valence-electron chi connectivity index (χ1n) is 5.45. The van der Waals surface area contributed by atoms with Crippen molar-refractivity contribution in [2.75, 3.05) is 5.73 Å². The third kappa shape index (κ3) is 1.81. The van der Waals surface area contributed by atoms with Crippen LogP contribution in [0, 0.1) is 17.5 Å². The summed E-state index contributed by atoms with van der Waals surface area (Å²) in [6.45, 7) is 0. The van der Waals surface area contributed by atoms with Crippen LogP contribution in [0.25, 0.3) is 22.4 Å². The smallest absolute Gasteiger partial charge is 0.161 e. The standard InChI is InChI=1S/C13H8F3N3/c14-6-2-1-3-9(17)12(6)13-18-10-4-7(15)8(16)5-11(10)19-13/h1-5H,17H2,(H,18,19). The summed E-state index contributed by atoms with van der Waals surface area (Å²) in [5.74, 6) is -2.42. The molecule has 0 saturated carbocycles. The number of anilines is 1. The Morgan fingerprint density at radius 1 is 1.00 bits per heavy atom. The molecule has 0 aliphatic rings. The van der Waals surface area contributed by atoms with E-state index in [-0.39, 0.29) is 28.1 Å². The molecule has 0 bridgehead atoms. The number of nitrogens with one attached hydrogen (secondary N) is 1. The van der Waals surface area contributed by atoms with Crippen molar-refractivity contribution in [3.63, 3.8) is 0 Å². The molecule has 19 heavy (non-hydrogen) atoms. The number of nitrogens with two attached hydrogens (primary N) is 1. The number of aromatic nitrogens is 2. The van der Waals surface area contributed by atoms with Crippen LogP contribution in [0.2, 0.25) is 0 Å². The minimum Gasteiger partial charge on any atom is -0.398 e. The van der Waals surface area contributed by atoms with Gasteiger partial charge in [-0.25, -0.2) is 18.2 Å². The van der Waals surface area contributed by atoms with Gasteiger partial charge in [-0.2, -0.15) is 0 Å². The summed E-state index contributed by atoms with van der Waals surface area (Å²) in [5.41, 5.74) is 6.44. The van der Waals surface area contributed by atoms with Crippen molar-refractivity contribution in [2.45, 2.75) is 0 Å². The Hall–Kier alpha value is -2.50. The number of imidazole rings is 1. The molecule has 3 N–H and O–H groups in total. The van der Waals surface area contributed by atoms with Crippen LogP contribution in [0.15, 0.2) is 30.3 Å². The second-order valence-corrected chi connectivity index (χ2v) is 4.07. The van der Waals surface area contributed by atoms with Crippen LogP contribution >= 0.6 is 0 Å². The molecule has 3 nitrogen and oxygen atoms in total. The number of nitrogen functional groups attached to an aromatic ring is 1. The van der Waals surface area contributed by atoms with Gasteiger partial charge in [0.1, 0.15) is 11.6 Å². The molecular formula is C13H8F3N3. The van der Waals surface area contributed by atoms with Crippen molar-refractivity contribution in [3.05, 3.63) is 47.8 Å². The van der Waals surface area contributed by atoms with Gasteiger partial charge < -0.3 is 10.7 Å². The highest BCUT2D eigenvalue weighted by Crippen LogP contribution is 2.28. The largest absolute Gasteiger partial charge is 0.398 e. The number of nitrogens with zero attached hydrogens (tertiary/aromatic N) is 1. The molecule has 0 aliphatic heterocycles. The molecule has 0 amide bonds. The number of rotatable bonds is 1. The van der Waals surface area contributed by atoms with E-state index < -0.39 is 17.5 Å². The quantitative estimate of drug-likeness (QED) is 0.662. The molecule has 0 spiro atoms. The lowest BCUT2D eigenvalue weighted by Crippen LogP contribution is -1.94. The van der Waals surface area contributed by atoms with Crippen LogP contribution in [0.4, 0.5) is 18.9 Å². The fourth-order valence-electron chi connectivity index (χ4n) is 1.91. The number of fused-ring (bicyclic) bond motifs is 1. The van der Waals surface area contributed by atoms with Gasteiger partial charge >= 0.3 is 0 Å². The molecule has 6 heteroatoms. The average Bonchev–Trinajstić information content (AvgIpc) is 2.72. The molecular weight excluding hydrogens is 255 g/mol. The molecule has 0 saturated heterocycles. The third-order valence-electron chi connectivity index (χ3n) is 2.81. The van der Waals surface area contributed by atoms with Crippen molar-refractivity contribution in [3.8, 4) is 11.4 Å². The van der Waals surface area contributed by atoms with Gasteiger partial charge in [0.15, 0.2) is 11.6 Å². The first kappa shape index (κ1) is 11.6. The number of hydrogen-bond donors (Lipinski definition) is 2. The summed E-state index contributed by atoms with van der Waals surface area (Å²) < 4.78 is 39.9. The van der Waals surface area contributed by atoms with E-state index in [1.807, 2.05) is 0 Å². The van der Waals surface area contributed by atoms with E-state index in [1.54, 1.807) is 0 Å². The summed E-state index contributed by atoms with van der Waals surface area (Å²) in [6, 6.07) is 6.14. The number of benzene rings is 2. The molecule has 1 aromatic heterocycles. The van der Waals surface area contributed by atoms with Crippen LogP contribution in [-0.2, 0) is 0 Å². The summed E-state index contributed by atoms with van der Waals surface area (Å²) in [7, 11) is 0. The van der Waals surface area contributed by atoms with Gasteiger partial charge in [-0.15, -0.1) is 0 Å². The molecule has 0 atom stereocenters. The fourth-order valence-corrected chi connectivity index (χ4v) is 1.91. The molecule has 0 fully saturated rings. The van der Waals surface area contributed by atoms with E-state index in [1.165, 1.54) is 18.2 Å². The maximum atomic E-state index is 13.7. The van der Waals surface area contributed by atoms with Crippen LogP contribution in [-0.4, -0.2) is 9.97 Å².